The average Bonchev–Trinajstić information content (AvgIpc) is 2.78. The average molecular weight is 445 g/mol. The largest absolute Gasteiger partial charge is 0.483 e. The van der Waals surface area contributed by atoms with Gasteiger partial charge in [-0.2, -0.15) is 4.31 Å². The van der Waals surface area contributed by atoms with Crippen LogP contribution in [-0.2, 0) is 14.8 Å². The van der Waals surface area contributed by atoms with Crippen LogP contribution in [0.2, 0.25) is 0 Å². The fraction of sp³-hybridized carbons (Fsp3) is 0.458. The summed E-state index contributed by atoms with van der Waals surface area (Å²) in [5.74, 6) is 1.32. The lowest BCUT2D eigenvalue weighted by Crippen LogP contribution is -2.37. The highest BCUT2D eigenvalue weighted by atomic mass is 32.2. The van der Waals surface area contributed by atoms with Gasteiger partial charge >= 0.3 is 0 Å². The maximum Gasteiger partial charge on any atom is 0.262 e. The number of amides is 1. The number of para-hydroxylation sites is 1. The van der Waals surface area contributed by atoms with Gasteiger partial charge in [-0.25, -0.2) is 8.42 Å². The first-order chi connectivity index (χ1) is 14.8. The number of nitrogens with zero attached hydrogens (tertiary/aromatic N) is 1. The number of ether oxygens (including phenoxy) is 1. The van der Waals surface area contributed by atoms with Gasteiger partial charge in [-0.3, -0.25) is 4.79 Å². The van der Waals surface area contributed by atoms with Gasteiger partial charge in [0, 0.05) is 18.8 Å². The molecule has 3 rings (SSSR count). The number of carbonyl (C=O) groups is 1. The highest BCUT2D eigenvalue weighted by molar-refractivity contribution is 7.89. The van der Waals surface area contributed by atoms with Crippen molar-refractivity contribution in [1.82, 2.24) is 4.31 Å². The Kier molecular flexibility index (Phi) is 7.73. The van der Waals surface area contributed by atoms with Gasteiger partial charge in [0.25, 0.3) is 5.91 Å². The van der Waals surface area contributed by atoms with E-state index in [1.165, 1.54) is 0 Å². The van der Waals surface area contributed by atoms with Crippen LogP contribution < -0.4 is 10.1 Å². The second-order valence-corrected chi connectivity index (χ2v) is 10.2. The number of rotatable bonds is 8. The second kappa shape index (κ2) is 10.3. The lowest BCUT2D eigenvalue weighted by atomic mass is 9.98. The SMILES string of the molecule is CCC(C)c1ccccc1OCC(=O)Nc1ccc(S(=O)(=O)N2CCC(C)CC2)cc1. The third kappa shape index (κ3) is 5.86. The molecule has 1 N–H and O–H groups in total. The Bertz CT molecular complexity index is 981. The number of hydrogen-bond acceptors (Lipinski definition) is 4. The number of benzene rings is 2. The molecule has 1 fully saturated rings. The molecule has 2 aromatic rings. The summed E-state index contributed by atoms with van der Waals surface area (Å²) in [6.07, 6.45) is 2.75. The first-order valence-corrected chi connectivity index (χ1v) is 12.4. The molecule has 7 heteroatoms. The zero-order valence-electron chi connectivity index (χ0n) is 18.5. The van der Waals surface area contributed by atoms with E-state index in [-0.39, 0.29) is 17.4 Å². The molecule has 0 aromatic heterocycles. The van der Waals surface area contributed by atoms with E-state index in [9.17, 15) is 13.2 Å². The summed E-state index contributed by atoms with van der Waals surface area (Å²) in [5.41, 5.74) is 1.62. The van der Waals surface area contributed by atoms with Gasteiger partial charge in [0.2, 0.25) is 10.0 Å². The fourth-order valence-electron chi connectivity index (χ4n) is 3.66. The molecule has 1 unspecified atom stereocenters. The molecule has 31 heavy (non-hydrogen) atoms. The smallest absolute Gasteiger partial charge is 0.262 e. The molecular formula is C24H32N2O4S. The van der Waals surface area contributed by atoms with Crippen LogP contribution in [0.1, 0.15) is 51.5 Å². The van der Waals surface area contributed by atoms with Gasteiger partial charge in [0.05, 0.1) is 4.90 Å². The molecule has 0 aliphatic carbocycles. The summed E-state index contributed by atoms with van der Waals surface area (Å²) >= 11 is 0. The van der Waals surface area contributed by atoms with E-state index in [1.807, 2.05) is 24.3 Å². The van der Waals surface area contributed by atoms with Crippen LogP contribution in [0.25, 0.3) is 0 Å². The molecule has 168 valence electrons. The predicted molar refractivity (Wildman–Crippen MR) is 123 cm³/mol. The van der Waals surface area contributed by atoms with E-state index in [0.29, 0.717) is 36.4 Å². The van der Waals surface area contributed by atoms with Crippen LogP contribution in [0.15, 0.2) is 53.4 Å². The van der Waals surface area contributed by atoms with E-state index >= 15 is 0 Å². The Morgan fingerprint density at radius 1 is 1.13 bits per heavy atom. The Morgan fingerprint density at radius 2 is 1.77 bits per heavy atom. The number of anilines is 1. The van der Waals surface area contributed by atoms with Crippen molar-refractivity contribution in [3.63, 3.8) is 0 Å². The highest BCUT2D eigenvalue weighted by Gasteiger charge is 2.27. The zero-order chi connectivity index (χ0) is 22.4. The molecule has 0 bridgehead atoms. The van der Waals surface area contributed by atoms with Crippen molar-refractivity contribution in [2.75, 3.05) is 25.0 Å². The normalized spacial score (nSPS) is 16.6. The van der Waals surface area contributed by atoms with E-state index in [2.05, 4.69) is 26.1 Å². The summed E-state index contributed by atoms with van der Waals surface area (Å²) in [7, 11) is -3.50. The number of hydrogen-bond donors (Lipinski definition) is 1. The van der Waals surface area contributed by atoms with Crippen molar-refractivity contribution in [2.24, 2.45) is 5.92 Å². The molecule has 1 aliphatic heterocycles. The predicted octanol–water partition coefficient (Wildman–Crippen LogP) is 4.64. The minimum Gasteiger partial charge on any atom is -0.483 e. The molecule has 1 aliphatic rings. The zero-order valence-corrected chi connectivity index (χ0v) is 19.3. The van der Waals surface area contributed by atoms with Gasteiger partial charge in [0.1, 0.15) is 5.75 Å². The molecule has 0 spiro atoms. The van der Waals surface area contributed by atoms with E-state index in [1.54, 1.807) is 28.6 Å². The van der Waals surface area contributed by atoms with E-state index in [0.717, 1.165) is 24.8 Å². The van der Waals surface area contributed by atoms with Crippen molar-refractivity contribution in [2.45, 2.75) is 50.8 Å². The first kappa shape index (κ1) is 23.3. The molecule has 0 saturated carbocycles. The first-order valence-electron chi connectivity index (χ1n) is 10.9. The Labute approximate surface area is 185 Å². The Balaban J connectivity index is 1.58. The minimum atomic E-state index is -3.50. The topological polar surface area (TPSA) is 75.7 Å². The van der Waals surface area contributed by atoms with Crippen molar-refractivity contribution in [3.05, 3.63) is 54.1 Å². The minimum absolute atomic E-state index is 0.112. The number of sulfonamides is 1. The molecule has 6 nitrogen and oxygen atoms in total. The van der Waals surface area contributed by atoms with Gasteiger partial charge < -0.3 is 10.1 Å². The lowest BCUT2D eigenvalue weighted by molar-refractivity contribution is -0.118. The third-order valence-corrected chi connectivity index (χ3v) is 7.85. The molecule has 2 aromatic carbocycles. The number of carbonyl (C=O) groups excluding carboxylic acids is 1. The number of piperidine rings is 1. The molecule has 1 amide bonds. The van der Waals surface area contributed by atoms with Crippen LogP contribution in [-0.4, -0.2) is 38.3 Å². The maximum absolute atomic E-state index is 12.8. The van der Waals surface area contributed by atoms with Crippen LogP contribution in [0, 0.1) is 5.92 Å². The summed E-state index contributed by atoms with van der Waals surface area (Å²) in [6.45, 7) is 7.38. The van der Waals surface area contributed by atoms with Gasteiger partial charge in [-0.1, -0.05) is 39.0 Å². The molecular weight excluding hydrogens is 412 g/mol. The van der Waals surface area contributed by atoms with Crippen LogP contribution in [0.4, 0.5) is 5.69 Å². The molecule has 1 heterocycles. The number of nitrogens with one attached hydrogen (secondary N) is 1. The maximum atomic E-state index is 12.8. The lowest BCUT2D eigenvalue weighted by Gasteiger charge is -2.29. The van der Waals surface area contributed by atoms with Gasteiger partial charge in [0.15, 0.2) is 6.61 Å². The second-order valence-electron chi connectivity index (χ2n) is 8.29. The quantitative estimate of drug-likeness (QED) is 0.644. The van der Waals surface area contributed by atoms with Crippen LogP contribution >= 0.6 is 0 Å². The van der Waals surface area contributed by atoms with Crippen molar-refractivity contribution in [3.8, 4) is 5.75 Å². The monoisotopic (exact) mass is 444 g/mol. The standard InChI is InChI=1S/C24H32N2O4S/c1-4-19(3)22-7-5-6-8-23(22)30-17-24(27)25-20-9-11-21(12-10-20)31(28,29)26-15-13-18(2)14-16-26/h5-12,18-19H,4,13-17H2,1-3H3,(H,25,27). The van der Waals surface area contributed by atoms with Gasteiger partial charge in [-0.05, 0) is 67.0 Å². The van der Waals surface area contributed by atoms with E-state index < -0.39 is 10.0 Å². The summed E-state index contributed by atoms with van der Waals surface area (Å²) in [5, 5.41) is 2.77. The summed E-state index contributed by atoms with van der Waals surface area (Å²) in [4.78, 5) is 12.6. The fourth-order valence-corrected chi connectivity index (χ4v) is 5.13. The van der Waals surface area contributed by atoms with Crippen LogP contribution in [0.5, 0.6) is 5.75 Å². The molecule has 1 saturated heterocycles. The van der Waals surface area contributed by atoms with Gasteiger partial charge in [-0.15, -0.1) is 0 Å². The van der Waals surface area contributed by atoms with Crippen molar-refractivity contribution < 1.29 is 17.9 Å². The molecule has 0 radical (unpaired) electrons. The Hall–Kier alpha value is -2.38. The molecule has 1 atom stereocenters. The van der Waals surface area contributed by atoms with Crippen LogP contribution in [0.3, 0.4) is 0 Å². The summed E-state index contributed by atoms with van der Waals surface area (Å²) < 4.78 is 32.9. The van der Waals surface area contributed by atoms with Crippen molar-refractivity contribution in [1.29, 1.82) is 0 Å². The third-order valence-electron chi connectivity index (χ3n) is 5.94. The van der Waals surface area contributed by atoms with Crippen molar-refractivity contribution >= 4 is 21.6 Å². The highest BCUT2D eigenvalue weighted by Crippen LogP contribution is 2.28. The Morgan fingerprint density at radius 3 is 2.42 bits per heavy atom. The summed E-state index contributed by atoms with van der Waals surface area (Å²) in [6, 6.07) is 14.1. The van der Waals surface area contributed by atoms with E-state index in [4.69, 9.17) is 4.74 Å².